The summed E-state index contributed by atoms with van der Waals surface area (Å²) in [6.45, 7) is 0.856. The van der Waals surface area contributed by atoms with E-state index < -0.39 is 19.9 Å². The maximum atomic E-state index is 12.4. The summed E-state index contributed by atoms with van der Waals surface area (Å²) in [6, 6.07) is 9.56. The molecule has 2 rings (SSSR count). The van der Waals surface area contributed by atoms with Crippen LogP contribution in [0.1, 0.15) is 18.4 Å². The predicted molar refractivity (Wildman–Crippen MR) is 87.9 cm³/mol. The molecular weight excluding hydrogens is 322 g/mol. The van der Waals surface area contributed by atoms with Crippen LogP contribution < -0.4 is 0 Å². The third kappa shape index (κ3) is 5.37. The van der Waals surface area contributed by atoms with Crippen LogP contribution in [-0.4, -0.2) is 52.0 Å². The highest BCUT2D eigenvalue weighted by molar-refractivity contribution is 7.90. The second-order valence-corrected chi connectivity index (χ2v) is 10.3. The van der Waals surface area contributed by atoms with E-state index in [-0.39, 0.29) is 17.4 Å². The molecular formula is C15H23NO4S2. The molecule has 5 nitrogen and oxygen atoms in total. The van der Waals surface area contributed by atoms with Crippen molar-refractivity contribution in [3.8, 4) is 0 Å². The van der Waals surface area contributed by atoms with Crippen LogP contribution in [0.3, 0.4) is 0 Å². The zero-order chi connectivity index (χ0) is 16.2. The quantitative estimate of drug-likeness (QED) is 0.779. The van der Waals surface area contributed by atoms with E-state index in [1.165, 1.54) is 10.6 Å². The Hall–Kier alpha value is -0.920. The minimum Gasteiger partial charge on any atom is -0.229 e. The van der Waals surface area contributed by atoms with Crippen molar-refractivity contribution in [3.63, 3.8) is 0 Å². The summed E-state index contributed by atoms with van der Waals surface area (Å²) < 4.78 is 48.8. The summed E-state index contributed by atoms with van der Waals surface area (Å²) in [5, 5.41) is 0. The SMILES string of the molecule is CS(=O)(=O)CC1CCN(S(=O)(=O)CCc2ccccc2)CC1. The second-order valence-electron chi connectivity index (χ2n) is 5.99. The average molecular weight is 345 g/mol. The smallest absolute Gasteiger partial charge is 0.214 e. The molecule has 1 fully saturated rings. The highest BCUT2D eigenvalue weighted by Crippen LogP contribution is 2.21. The van der Waals surface area contributed by atoms with Crippen LogP contribution in [-0.2, 0) is 26.3 Å². The molecule has 0 aromatic heterocycles. The second kappa shape index (κ2) is 7.10. The normalized spacial score (nSPS) is 18.4. The van der Waals surface area contributed by atoms with Gasteiger partial charge in [-0.3, -0.25) is 0 Å². The first kappa shape index (κ1) is 17.4. The van der Waals surface area contributed by atoms with Crippen molar-refractivity contribution >= 4 is 19.9 Å². The number of benzene rings is 1. The number of rotatable bonds is 6. The number of hydrogen-bond donors (Lipinski definition) is 0. The van der Waals surface area contributed by atoms with E-state index in [9.17, 15) is 16.8 Å². The molecule has 1 aromatic carbocycles. The van der Waals surface area contributed by atoms with Gasteiger partial charge in [0.2, 0.25) is 10.0 Å². The lowest BCUT2D eigenvalue weighted by Gasteiger charge is -2.30. The van der Waals surface area contributed by atoms with Crippen LogP contribution in [0.5, 0.6) is 0 Å². The highest BCUT2D eigenvalue weighted by Gasteiger charge is 2.29. The Morgan fingerprint density at radius 3 is 2.18 bits per heavy atom. The van der Waals surface area contributed by atoms with E-state index in [1.54, 1.807) is 0 Å². The van der Waals surface area contributed by atoms with Crippen molar-refractivity contribution in [2.75, 3.05) is 30.9 Å². The summed E-state index contributed by atoms with van der Waals surface area (Å²) in [6.07, 6.45) is 2.98. The molecule has 1 saturated heterocycles. The summed E-state index contributed by atoms with van der Waals surface area (Å²) >= 11 is 0. The monoisotopic (exact) mass is 345 g/mol. The summed E-state index contributed by atoms with van der Waals surface area (Å²) in [7, 11) is -6.26. The minimum absolute atomic E-state index is 0.0792. The molecule has 0 saturated carbocycles. The minimum atomic E-state index is -3.26. The number of piperidine rings is 1. The summed E-state index contributed by atoms with van der Waals surface area (Å²) in [5.74, 6) is 0.342. The maximum absolute atomic E-state index is 12.4. The molecule has 0 bridgehead atoms. The molecule has 0 N–H and O–H groups in total. The van der Waals surface area contributed by atoms with Crippen LogP contribution in [0.25, 0.3) is 0 Å². The van der Waals surface area contributed by atoms with Gasteiger partial charge in [0.25, 0.3) is 0 Å². The maximum Gasteiger partial charge on any atom is 0.214 e. The van der Waals surface area contributed by atoms with Crippen molar-refractivity contribution in [1.82, 2.24) is 4.31 Å². The van der Waals surface area contributed by atoms with Gasteiger partial charge in [-0.1, -0.05) is 30.3 Å². The molecule has 1 aromatic rings. The fourth-order valence-electron chi connectivity index (χ4n) is 2.80. The van der Waals surface area contributed by atoms with Crippen LogP contribution in [0, 0.1) is 5.92 Å². The number of sulfone groups is 1. The van der Waals surface area contributed by atoms with E-state index >= 15 is 0 Å². The Labute approximate surface area is 133 Å². The van der Waals surface area contributed by atoms with Gasteiger partial charge in [-0.15, -0.1) is 0 Å². The lowest BCUT2D eigenvalue weighted by atomic mass is 10.0. The lowest BCUT2D eigenvalue weighted by molar-refractivity contribution is 0.289. The molecule has 1 aliphatic rings. The van der Waals surface area contributed by atoms with Gasteiger partial charge in [0.05, 0.1) is 11.5 Å². The van der Waals surface area contributed by atoms with Gasteiger partial charge in [-0.05, 0) is 30.7 Å². The van der Waals surface area contributed by atoms with Gasteiger partial charge >= 0.3 is 0 Å². The molecule has 1 heterocycles. The van der Waals surface area contributed by atoms with Crippen LogP contribution in [0.2, 0.25) is 0 Å². The fourth-order valence-corrected chi connectivity index (χ4v) is 5.51. The highest BCUT2D eigenvalue weighted by atomic mass is 32.2. The average Bonchev–Trinajstić information content (AvgIpc) is 2.45. The largest absolute Gasteiger partial charge is 0.229 e. The summed E-state index contributed by atoms with van der Waals surface area (Å²) in [5.41, 5.74) is 1.01. The zero-order valence-corrected chi connectivity index (χ0v) is 14.4. The molecule has 0 aliphatic carbocycles. The molecule has 0 unspecified atom stereocenters. The zero-order valence-electron chi connectivity index (χ0n) is 12.8. The third-order valence-electron chi connectivity index (χ3n) is 4.00. The predicted octanol–water partition coefficient (Wildman–Crippen LogP) is 1.32. The third-order valence-corrected chi connectivity index (χ3v) is 6.95. The van der Waals surface area contributed by atoms with Crippen LogP contribution in [0.4, 0.5) is 0 Å². The fraction of sp³-hybridized carbons (Fsp3) is 0.600. The Balaban J connectivity index is 1.87. The topological polar surface area (TPSA) is 71.5 Å². The Bertz CT molecular complexity index is 676. The van der Waals surface area contributed by atoms with Gasteiger partial charge in [0, 0.05) is 19.3 Å². The van der Waals surface area contributed by atoms with Gasteiger partial charge in [0.1, 0.15) is 9.84 Å². The van der Waals surface area contributed by atoms with Gasteiger partial charge in [-0.2, -0.15) is 0 Å². The first-order chi connectivity index (χ1) is 10.3. The van der Waals surface area contributed by atoms with E-state index in [0.29, 0.717) is 32.4 Å². The van der Waals surface area contributed by atoms with Gasteiger partial charge in [0.15, 0.2) is 0 Å². The Kier molecular flexibility index (Phi) is 5.63. The van der Waals surface area contributed by atoms with E-state index in [4.69, 9.17) is 0 Å². The van der Waals surface area contributed by atoms with Gasteiger partial charge in [-0.25, -0.2) is 21.1 Å². The van der Waals surface area contributed by atoms with Crippen LogP contribution in [0.15, 0.2) is 30.3 Å². The van der Waals surface area contributed by atoms with Crippen LogP contribution >= 0.6 is 0 Å². The summed E-state index contributed by atoms with van der Waals surface area (Å²) in [4.78, 5) is 0. The van der Waals surface area contributed by atoms with E-state index in [2.05, 4.69) is 0 Å². The molecule has 0 spiro atoms. The molecule has 124 valence electrons. The molecule has 22 heavy (non-hydrogen) atoms. The number of nitrogens with zero attached hydrogens (tertiary/aromatic N) is 1. The van der Waals surface area contributed by atoms with E-state index in [0.717, 1.165) is 5.56 Å². The van der Waals surface area contributed by atoms with Crippen molar-refractivity contribution in [2.45, 2.75) is 19.3 Å². The number of sulfonamides is 1. The van der Waals surface area contributed by atoms with Gasteiger partial charge < -0.3 is 0 Å². The van der Waals surface area contributed by atoms with Crippen molar-refractivity contribution in [1.29, 1.82) is 0 Å². The molecule has 0 radical (unpaired) electrons. The lowest BCUT2D eigenvalue weighted by Crippen LogP contribution is -2.41. The molecule has 1 aliphatic heterocycles. The molecule has 0 atom stereocenters. The Morgan fingerprint density at radius 1 is 1.05 bits per heavy atom. The first-order valence-electron chi connectivity index (χ1n) is 7.46. The number of aryl methyl sites for hydroxylation is 1. The van der Waals surface area contributed by atoms with Crippen molar-refractivity contribution < 1.29 is 16.8 Å². The van der Waals surface area contributed by atoms with E-state index in [1.807, 2.05) is 30.3 Å². The molecule has 7 heteroatoms. The van der Waals surface area contributed by atoms with Crippen molar-refractivity contribution in [3.05, 3.63) is 35.9 Å². The standard InChI is InChI=1S/C15H23NO4S2/c1-21(17,18)13-15-7-10-16(11-8-15)22(19,20)12-9-14-5-3-2-4-6-14/h2-6,15H,7-13H2,1H3. The first-order valence-corrected chi connectivity index (χ1v) is 11.1. The number of hydrogen-bond acceptors (Lipinski definition) is 4. The molecule has 0 amide bonds. The Morgan fingerprint density at radius 2 is 1.64 bits per heavy atom. The van der Waals surface area contributed by atoms with Crippen molar-refractivity contribution in [2.24, 2.45) is 5.92 Å².